The molecule has 0 aliphatic heterocycles. The van der Waals surface area contributed by atoms with E-state index in [0.29, 0.717) is 34.5 Å². The van der Waals surface area contributed by atoms with Gasteiger partial charge in [-0.05, 0) is 38.2 Å². The van der Waals surface area contributed by atoms with Crippen molar-refractivity contribution in [3.05, 3.63) is 33.2 Å². The number of nitrogens with one attached hydrogen (secondary N) is 3. The van der Waals surface area contributed by atoms with Crippen LogP contribution in [0.5, 0.6) is 5.88 Å². The number of hydrogen-bond acceptors (Lipinski definition) is 7. The Bertz CT molecular complexity index is 1150. The molecule has 0 aromatic carbocycles. The zero-order valence-corrected chi connectivity index (χ0v) is 13.9. The first-order valence-electron chi connectivity index (χ1n) is 8.75. The zero-order chi connectivity index (χ0) is 17.7. The number of rotatable bonds is 4. The quantitative estimate of drug-likeness (QED) is 0.495. The second kappa shape index (κ2) is 5.68. The summed E-state index contributed by atoms with van der Waals surface area (Å²) in [6.07, 6.45) is 8.81. The fourth-order valence-electron chi connectivity index (χ4n) is 2.88. The van der Waals surface area contributed by atoms with E-state index in [-0.39, 0.29) is 11.6 Å². The van der Waals surface area contributed by atoms with Gasteiger partial charge in [0.15, 0.2) is 5.65 Å². The fraction of sp³-hybridized carbons (Fsp3) is 0.438. The summed E-state index contributed by atoms with van der Waals surface area (Å²) in [6.45, 7) is 0. The number of aromatic amines is 2. The van der Waals surface area contributed by atoms with Crippen LogP contribution in [0.3, 0.4) is 0 Å². The van der Waals surface area contributed by atoms with Gasteiger partial charge in [-0.2, -0.15) is 19.6 Å². The summed E-state index contributed by atoms with van der Waals surface area (Å²) >= 11 is 0. The van der Waals surface area contributed by atoms with E-state index >= 15 is 0 Å². The highest BCUT2D eigenvalue weighted by Gasteiger charge is 2.22. The van der Waals surface area contributed by atoms with Crippen LogP contribution >= 0.6 is 0 Å². The van der Waals surface area contributed by atoms with E-state index in [2.05, 4.69) is 35.3 Å². The molecule has 134 valence electrons. The predicted molar refractivity (Wildman–Crippen MR) is 92.5 cm³/mol. The highest BCUT2D eigenvalue weighted by atomic mass is 16.3. The van der Waals surface area contributed by atoms with E-state index in [4.69, 9.17) is 0 Å². The molecule has 26 heavy (non-hydrogen) atoms. The number of aromatic nitrogens is 6. The number of anilines is 1. The summed E-state index contributed by atoms with van der Waals surface area (Å²) < 4.78 is 1.60. The van der Waals surface area contributed by atoms with Crippen LogP contribution in [0.15, 0.2) is 16.0 Å². The van der Waals surface area contributed by atoms with Crippen molar-refractivity contribution in [2.45, 2.75) is 44.2 Å². The molecule has 4 N–H and O–H groups in total. The molecule has 0 amide bonds. The number of aromatic hydroxyl groups is 1. The van der Waals surface area contributed by atoms with Crippen LogP contribution in [0.1, 0.15) is 37.8 Å². The van der Waals surface area contributed by atoms with Gasteiger partial charge in [-0.15, -0.1) is 0 Å². The molecule has 5 rings (SSSR count). The van der Waals surface area contributed by atoms with Crippen molar-refractivity contribution < 1.29 is 5.11 Å². The number of nitrogens with zero attached hydrogens (tertiary/aromatic N) is 5. The lowest BCUT2D eigenvalue weighted by atomic mass is 9.93. The number of H-pyrrole nitrogens is 2. The molecule has 0 unspecified atom stereocenters. The summed E-state index contributed by atoms with van der Waals surface area (Å²) in [5.74, 6) is 0.308. The Balaban J connectivity index is 1.68. The zero-order valence-electron chi connectivity index (χ0n) is 13.9. The van der Waals surface area contributed by atoms with Crippen molar-refractivity contribution in [1.82, 2.24) is 29.5 Å². The monoisotopic (exact) mass is 354 g/mol. The van der Waals surface area contributed by atoms with Gasteiger partial charge in [-0.25, -0.2) is 9.79 Å². The Morgan fingerprint density at radius 1 is 1.27 bits per heavy atom. The maximum atomic E-state index is 11.3. The van der Waals surface area contributed by atoms with Crippen molar-refractivity contribution in [2.24, 2.45) is 4.99 Å². The van der Waals surface area contributed by atoms with E-state index < -0.39 is 5.69 Å². The lowest BCUT2D eigenvalue weighted by Crippen LogP contribution is -2.31. The molecular formula is C16H18N8O2. The molecule has 2 fully saturated rings. The average molecular weight is 354 g/mol. The second-order valence-corrected chi connectivity index (χ2v) is 6.80. The summed E-state index contributed by atoms with van der Waals surface area (Å²) in [5, 5.41) is 18.1. The lowest BCUT2D eigenvalue weighted by molar-refractivity contribution is 0.442. The molecule has 3 heterocycles. The molecule has 0 bridgehead atoms. The first-order valence-corrected chi connectivity index (χ1v) is 8.75. The Kier molecular flexibility index (Phi) is 3.30. The van der Waals surface area contributed by atoms with E-state index in [1.807, 2.05) is 0 Å². The Labute approximate surface area is 146 Å². The minimum absolute atomic E-state index is 0.223. The number of hydrogen-bond donors (Lipinski definition) is 4. The average Bonchev–Trinajstić information content (AvgIpc) is 3.20. The molecule has 2 aliphatic rings. The van der Waals surface area contributed by atoms with Gasteiger partial charge in [0.1, 0.15) is 5.69 Å². The molecule has 0 spiro atoms. The highest BCUT2D eigenvalue weighted by Crippen LogP contribution is 2.23. The molecule has 0 saturated heterocycles. The van der Waals surface area contributed by atoms with Gasteiger partial charge in [0.05, 0.1) is 12.2 Å². The molecule has 10 heteroatoms. The molecule has 3 aromatic heterocycles. The van der Waals surface area contributed by atoms with Crippen molar-refractivity contribution in [3.8, 4) is 5.88 Å². The minimum atomic E-state index is -0.475. The third kappa shape index (κ3) is 2.72. The maximum absolute atomic E-state index is 11.3. The van der Waals surface area contributed by atoms with E-state index in [1.165, 1.54) is 6.42 Å². The summed E-state index contributed by atoms with van der Waals surface area (Å²) in [6, 6.07) is 0.693. The van der Waals surface area contributed by atoms with E-state index in [1.54, 1.807) is 16.8 Å². The summed E-state index contributed by atoms with van der Waals surface area (Å²) in [7, 11) is 0. The van der Waals surface area contributed by atoms with Gasteiger partial charge in [-0.3, -0.25) is 4.98 Å². The first-order chi connectivity index (χ1) is 12.7. The van der Waals surface area contributed by atoms with Crippen LogP contribution < -0.4 is 21.8 Å². The van der Waals surface area contributed by atoms with Gasteiger partial charge in [-0.1, -0.05) is 0 Å². The van der Waals surface area contributed by atoms with Crippen molar-refractivity contribution in [3.63, 3.8) is 0 Å². The van der Waals surface area contributed by atoms with Crippen molar-refractivity contribution in [2.75, 3.05) is 5.32 Å². The van der Waals surface area contributed by atoms with Crippen LogP contribution in [0.4, 0.5) is 5.95 Å². The molecule has 2 aliphatic carbocycles. The standard InChI is InChI=1S/C16H18N8O2/c25-13-11(20-16(26)22-13)6-8-7-17-24-12(8)21-14(18-9-2-1-3-9)23-15(24)19-10-4-5-10/h6-7,9-10,25H,1-5H2,(H,18,19,23)(H2,20,22,26)/b8-6-. The van der Waals surface area contributed by atoms with E-state index in [9.17, 15) is 9.90 Å². The van der Waals surface area contributed by atoms with Gasteiger partial charge in [0.2, 0.25) is 11.8 Å². The largest absolute Gasteiger partial charge is 0.493 e. The molecule has 2 saturated carbocycles. The van der Waals surface area contributed by atoms with Gasteiger partial charge in [0.25, 0.3) is 5.62 Å². The summed E-state index contributed by atoms with van der Waals surface area (Å²) in [4.78, 5) is 29.9. The van der Waals surface area contributed by atoms with E-state index in [0.717, 1.165) is 25.7 Å². The van der Waals surface area contributed by atoms with Crippen LogP contribution in [0.2, 0.25) is 0 Å². The first kappa shape index (κ1) is 15.1. The SMILES string of the molecule is O=c1[nH]c(O)c(/C=c2/cnn3c(=NC4CC4)nc(NC4CCC4)nc23)[nH]1. The Hall–Kier alpha value is -3.17. The molecular weight excluding hydrogens is 336 g/mol. The highest BCUT2D eigenvalue weighted by molar-refractivity contribution is 5.57. The van der Waals surface area contributed by atoms with Gasteiger partial charge >= 0.3 is 5.69 Å². The van der Waals surface area contributed by atoms with Crippen LogP contribution in [0.25, 0.3) is 11.7 Å². The van der Waals surface area contributed by atoms with Crippen molar-refractivity contribution >= 4 is 17.7 Å². The smallest absolute Gasteiger partial charge is 0.326 e. The minimum Gasteiger partial charge on any atom is -0.493 e. The fourth-order valence-corrected chi connectivity index (χ4v) is 2.88. The third-order valence-corrected chi connectivity index (χ3v) is 4.70. The molecule has 3 aromatic rings. The number of imidazole rings is 1. The maximum Gasteiger partial charge on any atom is 0.326 e. The van der Waals surface area contributed by atoms with Gasteiger partial charge in [0, 0.05) is 11.3 Å². The Morgan fingerprint density at radius 2 is 2.12 bits per heavy atom. The Morgan fingerprint density at radius 3 is 2.77 bits per heavy atom. The topological polar surface area (TPSA) is 136 Å². The predicted octanol–water partition coefficient (Wildman–Crippen LogP) is -0.578. The van der Waals surface area contributed by atoms with Crippen LogP contribution in [-0.2, 0) is 0 Å². The van der Waals surface area contributed by atoms with Crippen molar-refractivity contribution in [1.29, 1.82) is 0 Å². The normalized spacial score (nSPS) is 19.2. The van der Waals surface area contributed by atoms with Crippen LogP contribution in [0, 0.1) is 0 Å². The lowest BCUT2D eigenvalue weighted by Gasteiger charge is -2.26. The van der Waals surface area contributed by atoms with Crippen LogP contribution in [-0.4, -0.2) is 46.7 Å². The molecule has 0 atom stereocenters. The number of fused-ring (bicyclic) bond motifs is 1. The molecule has 10 nitrogen and oxygen atoms in total. The molecule has 0 radical (unpaired) electrons. The third-order valence-electron chi connectivity index (χ3n) is 4.70. The van der Waals surface area contributed by atoms with Gasteiger partial charge < -0.3 is 15.4 Å². The summed E-state index contributed by atoms with van der Waals surface area (Å²) in [5.41, 5.74) is 0.891. The second-order valence-electron chi connectivity index (χ2n) is 6.80.